The Balaban J connectivity index is 1.14. The molecular weight excluding hydrogens is 793 g/mol. The summed E-state index contributed by atoms with van der Waals surface area (Å²) in [4.78, 5) is 42.5. The number of carboxylic acids is 2. The third kappa shape index (κ3) is 12.1. The molecule has 0 atom stereocenters. The van der Waals surface area contributed by atoms with Crippen LogP contribution < -0.4 is 9.47 Å². The van der Waals surface area contributed by atoms with E-state index in [0.29, 0.717) is 105 Å². The van der Waals surface area contributed by atoms with Gasteiger partial charge in [0.2, 0.25) is 0 Å². The lowest BCUT2D eigenvalue weighted by atomic mass is 10.0. The average molecular weight is 843 g/mol. The first-order chi connectivity index (χ1) is 29.6. The van der Waals surface area contributed by atoms with Crippen LogP contribution in [0.25, 0.3) is 45.1 Å². The Labute approximate surface area is 351 Å². The molecule has 61 heavy (non-hydrogen) atoms. The minimum Gasteiger partial charge on any atom is -0.491 e. The van der Waals surface area contributed by atoms with Crippen LogP contribution in [0.3, 0.4) is 0 Å². The molecule has 4 aromatic heterocycles. The standard InChI is InChI=1S/C43H50N6O12/c1-48-38-7-5-28(22-32(38)46-40(48)34-24-30(26-36(44-34)42(50)51)60-19-17-58-15-13-56-11-9-54-3)21-29-6-8-39-33(23-29)47-41(49(39)2)35-25-31(27-37(45-35)43(52)53)61-20-18-59-16-14-57-12-10-55-4/h5-8,22-27H,9-21H2,1-4H3,(H,50,51)(H,52,53). The third-order valence-electron chi connectivity index (χ3n) is 9.39. The molecule has 0 aliphatic heterocycles. The number of carbonyl (C=O) groups is 2. The van der Waals surface area contributed by atoms with Gasteiger partial charge < -0.3 is 57.2 Å². The van der Waals surface area contributed by atoms with E-state index in [1.54, 1.807) is 26.4 Å². The summed E-state index contributed by atoms with van der Waals surface area (Å²) in [6, 6.07) is 18.0. The number of aromatic carboxylic acids is 2. The van der Waals surface area contributed by atoms with Gasteiger partial charge in [0, 0.05) is 52.6 Å². The molecule has 6 rings (SSSR count). The van der Waals surface area contributed by atoms with Crippen LogP contribution in [0, 0.1) is 0 Å². The lowest BCUT2D eigenvalue weighted by Gasteiger charge is -2.10. The number of benzene rings is 2. The van der Waals surface area contributed by atoms with Gasteiger partial charge in [-0.2, -0.15) is 0 Å². The number of carboxylic acid groups (broad SMARTS) is 2. The SMILES string of the molecule is COCCOCCOCCOc1cc(C(=O)O)nc(-c2nc3cc(Cc4ccc5c(c4)nc(-c4cc(OCCOCCOCCOC)cc(C(=O)O)n4)n5C)ccc3n2C)c1. The van der Waals surface area contributed by atoms with Gasteiger partial charge in [0.25, 0.3) is 0 Å². The van der Waals surface area contributed by atoms with Gasteiger partial charge in [-0.05, 0) is 41.8 Å². The highest BCUT2D eigenvalue weighted by Crippen LogP contribution is 2.30. The highest BCUT2D eigenvalue weighted by molar-refractivity contribution is 5.88. The van der Waals surface area contributed by atoms with Crippen molar-refractivity contribution in [3.05, 3.63) is 83.2 Å². The molecule has 4 heterocycles. The number of hydrogen-bond donors (Lipinski definition) is 2. The number of pyridine rings is 2. The first kappa shape index (κ1) is 44.5. The van der Waals surface area contributed by atoms with Crippen LogP contribution in [-0.2, 0) is 48.9 Å². The molecule has 0 saturated heterocycles. The summed E-state index contributed by atoms with van der Waals surface area (Å²) < 4.78 is 47.2. The molecule has 0 amide bonds. The van der Waals surface area contributed by atoms with Gasteiger partial charge >= 0.3 is 11.9 Å². The summed E-state index contributed by atoms with van der Waals surface area (Å²) in [5.41, 5.74) is 5.45. The summed E-state index contributed by atoms with van der Waals surface area (Å²) >= 11 is 0. The number of rotatable bonds is 26. The minimum absolute atomic E-state index is 0.169. The molecule has 18 nitrogen and oxygen atoms in total. The van der Waals surface area contributed by atoms with E-state index in [-0.39, 0.29) is 37.8 Å². The lowest BCUT2D eigenvalue weighted by molar-refractivity contribution is 0.0179. The van der Waals surface area contributed by atoms with Crippen molar-refractivity contribution in [3.8, 4) is 34.5 Å². The maximum Gasteiger partial charge on any atom is 0.354 e. The van der Waals surface area contributed by atoms with Crippen LogP contribution in [0.1, 0.15) is 32.1 Å². The van der Waals surface area contributed by atoms with E-state index < -0.39 is 11.9 Å². The molecule has 0 aliphatic rings. The Morgan fingerprint density at radius 1 is 0.508 bits per heavy atom. The quantitative estimate of drug-likeness (QED) is 0.0710. The average Bonchev–Trinajstić information content (AvgIpc) is 3.76. The molecule has 2 N–H and O–H groups in total. The predicted octanol–water partition coefficient (Wildman–Crippen LogP) is 4.69. The first-order valence-corrected chi connectivity index (χ1v) is 19.6. The van der Waals surface area contributed by atoms with Crippen molar-refractivity contribution in [1.29, 1.82) is 0 Å². The van der Waals surface area contributed by atoms with Crippen molar-refractivity contribution < 1.29 is 57.7 Å². The molecule has 0 radical (unpaired) electrons. The van der Waals surface area contributed by atoms with Crippen molar-refractivity contribution in [3.63, 3.8) is 0 Å². The fourth-order valence-electron chi connectivity index (χ4n) is 6.40. The van der Waals surface area contributed by atoms with Gasteiger partial charge in [0.1, 0.15) is 36.1 Å². The summed E-state index contributed by atoms with van der Waals surface area (Å²) in [6.45, 7) is 4.61. The Hall–Kier alpha value is -6.02. The normalized spacial score (nSPS) is 11.5. The van der Waals surface area contributed by atoms with E-state index >= 15 is 0 Å². The van der Waals surface area contributed by atoms with Crippen molar-refractivity contribution in [2.45, 2.75) is 6.42 Å². The fraction of sp³-hybridized carbons (Fsp3) is 0.395. The topological polar surface area (TPSA) is 210 Å². The second-order valence-corrected chi connectivity index (χ2v) is 13.7. The molecule has 18 heteroatoms. The van der Waals surface area contributed by atoms with Gasteiger partial charge in [-0.1, -0.05) is 12.1 Å². The second-order valence-electron chi connectivity index (χ2n) is 13.7. The molecule has 6 aromatic rings. The van der Waals surface area contributed by atoms with Gasteiger partial charge in [0.05, 0.1) is 88.1 Å². The molecule has 2 aromatic carbocycles. The zero-order valence-electron chi connectivity index (χ0n) is 34.6. The Bertz CT molecular complexity index is 2250. The van der Waals surface area contributed by atoms with Gasteiger partial charge in [-0.15, -0.1) is 0 Å². The molecule has 324 valence electrons. The van der Waals surface area contributed by atoms with Crippen LogP contribution in [0.4, 0.5) is 0 Å². The summed E-state index contributed by atoms with van der Waals surface area (Å²) in [6.07, 6.45) is 0.571. The summed E-state index contributed by atoms with van der Waals surface area (Å²) in [7, 11) is 6.92. The third-order valence-corrected chi connectivity index (χ3v) is 9.39. The predicted molar refractivity (Wildman–Crippen MR) is 223 cm³/mol. The van der Waals surface area contributed by atoms with Gasteiger partial charge in [-0.25, -0.2) is 29.5 Å². The Morgan fingerprint density at radius 2 is 0.885 bits per heavy atom. The van der Waals surface area contributed by atoms with E-state index in [1.165, 1.54) is 12.1 Å². The van der Waals surface area contributed by atoms with Crippen molar-refractivity contribution in [1.82, 2.24) is 29.1 Å². The highest BCUT2D eigenvalue weighted by Gasteiger charge is 2.19. The summed E-state index contributed by atoms with van der Waals surface area (Å²) in [5, 5.41) is 19.6. The van der Waals surface area contributed by atoms with Gasteiger partial charge in [0.15, 0.2) is 23.0 Å². The van der Waals surface area contributed by atoms with Crippen LogP contribution in [0.5, 0.6) is 11.5 Å². The van der Waals surface area contributed by atoms with Crippen molar-refractivity contribution >= 4 is 34.0 Å². The Morgan fingerprint density at radius 3 is 1.26 bits per heavy atom. The second kappa shape index (κ2) is 22.0. The monoisotopic (exact) mass is 842 g/mol. The van der Waals surface area contributed by atoms with E-state index in [2.05, 4.69) is 9.97 Å². The molecule has 0 spiro atoms. The number of ether oxygens (including phenoxy) is 8. The lowest BCUT2D eigenvalue weighted by Crippen LogP contribution is -2.13. The molecule has 0 saturated carbocycles. The van der Waals surface area contributed by atoms with Crippen molar-refractivity contribution in [2.75, 3.05) is 93.5 Å². The molecular formula is C43H50N6O12. The summed E-state index contributed by atoms with van der Waals surface area (Å²) in [5.74, 6) is -0.749. The van der Waals surface area contributed by atoms with Crippen LogP contribution in [-0.4, -0.2) is 145 Å². The number of aryl methyl sites for hydroxylation is 2. The van der Waals surface area contributed by atoms with Crippen molar-refractivity contribution in [2.24, 2.45) is 14.1 Å². The zero-order valence-corrected chi connectivity index (χ0v) is 34.6. The number of fused-ring (bicyclic) bond motifs is 2. The minimum atomic E-state index is -1.19. The Kier molecular flexibility index (Phi) is 16.1. The van der Waals surface area contributed by atoms with E-state index in [1.807, 2.05) is 59.6 Å². The molecule has 0 unspecified atom stereocenters. The van der Waals surface area contributed by atoms with Crippen LogP contribution >= 0.6 is 0 Å². The zero-order chi connectivity index (χ0) is 43.1. The van der Waals surface area contributed by atoms with Gasteiger partial charge in [-0.3, -0.25) is 0 Å². The largest absolute Gasteiger partial charge is 0.491 e. The maximum atomic E-state index is 12.0. The maximum absolute atomic E-state index is 12.0. The highest BCUT2D eigenvalue weighted by atomic mass is 16.6. The molecule has 0 aliphatic carbocycles. The van der Waals surface area contributed by atoms with Crippen LogP contribution in [0.15, 0.2) is 60.7 Å². The smallest absolute Gasteiger partial charge is 0.354 e. The van der Waals surface area contributed by atoms with E-state index in [9.17, 15) is 19.8 Å². The first-order valence-electron chi connectivity index (χ1n) is 19.6. The number of aromatic nitrogens is 6. The van der Waals surface area contributed by atoms with E-state index in [0.717, 1.165) is 22.2 Å². The number of hydrogen-bond acceptors (Lipinski definition) is 14. The van der Waals surface area contributed by atoms with E-state index in [4.69, 9.17) is 47.9 Å². The molecule has 0 fully saturated rings. The number of nitrogens with zero attached hydrogens (tertiary/aromatic N) is 6. The number of methoxy groups -OCH3 is 2. The van der Waals surface area contributed by atoms with Crippen LogP contribution in [0.2, 0.25) is 0 Å². The number of imidazole rings is 2. The fourth-order valence-corrected chi connectivity index (χ4v) is 6.40. The molecule has 0 bridgehead atoms.